The van der Waals surface area contributed by atoms with Crippen LogP contribution in [-0.2, 0) is 0 Å². The Hall–Kier alpha value is -1.36. The number of piperidine rings is 1. The summed E-state index contributed by atoms with van der Waals surface area (Å²) in [6.07, 6.45) is 6.64. The number of aromatic nitrogens is 2. The molecule has 2 N–H and O–H groups in total. The summed E-state index contributed by atoms with van der Waals surface area (Å²) in [7, 11) is 0. The second-order valence-electron chi connectivity index (χ2n) is 3.71. The Kier molecular flexibility index (Phi) is 3.34. The Morgan fingerprint density at radius 1 is 1.53 bits per heavy atom. The van der Waals surface area contributed by atoms with Crippen molar-refractivity contribution < 1.29 is 4.74 Å². The van der Waals surface area contributed by atoms with E-state index in [4.69, 9.17) is 4.74 Å². The fraction of sp³-hybridized carbons (Fsp3) is 0.600. The van der Waals surface area contributed by atoms with Gasteiger partial charge in [0.25, 0.3) is 0 Å². The average Bonchev–Trinajstić information content (AvgIpc) is 2.30. The molecular formula is C10H15N3O2. The van der Waals surface area contributed by atoms with Crippen molar-refractivity contribution in [2.75, 3.05) is 13.2 Å². The average molecular weight is 209 g/mol. The summed E-state index contributed by atoms with van der Waals surface area (Å²) in [5, 5.41) is 3.38. The Bertz CT molecular complexity index is 337. The van der Waals surface area contributed by atoms with Crippen molar-refractivity contribution in [2.24, 2.45) is 0 Å². The molecule has 1 unspecified atom stereocenters. The van der Waals surface area contributed by atoms with Crippen LogP contribution in [0, 0.1) is 0 Å². The topological polar surface area (TPSA) is 67.0 Å². The van der Waals surface area contributed by atoms with Gasteiger partial charge in [0.1, 0.15) is 6.61 Å². The van der Waals surface area contributed by atoms with Crippen molar-refractivity contribution in [1.29, 1.82) is 0 Å². The highest BCUT2D eigenvalue weighted by atomic mass is 16.5. The highest BCUT2D eigenvalue weighted by Crippen LogP contribution is 2.09. The van der Waals surface area contributed by atoms with E-state index in [0.717, 1.165) is 13.0 Å². The largest absolute Gasteiger partial charge is 0.489 e. The van der Waals surface area contributed by atoms with Gasteiger partial charge in [-0.1, -0.05) is 6.42 Å². The molecule has 1 fully saturated rings. The van der Waals surface area contributed by atoms with Crippen LogP contribution in [0.15, 0.2) is 17.2 Å². The summed E-state index contributed by atoms with van der Waals surface area (Å²) in [4.78, 5) is 16.8. The van der Waals surface area contributed by atoms with Gasteiger partial charge in [-0.05, 0) is 19.4 Å². The van der Waals surface area contributed by atoms with Crippen LogP contribution in [-0.4, -0.2) is 29.2 Å². The van der Waals surface area contributed by atoms with Crippen LogP contribution in [0.25, 0.3) is 0 Å². The molecule has 15 heavy (non-hydrogen) atoms. The summed E-state index contributed by atoms with van der Waals surface area (Å²) >= 11 is 0. The van der Waals surface area contributed by atoms with Gasteiger partial charge in [-0.15, -0.1) is 0 Å². The molecule has 5 heteroatoms. The number of ether oxygens (including phenoxy) is 1. The van der Waals surface area contributed by atoms with Crippen LogP contribution < -0.4 is 15.7 Å². The van der Waals surface area contributed by atoms with Crippen LogP contribution in [0.2, 0.25) is 0 Å². The minimum absolute atomic E-state index is 0.349. The van der Waals surface area contributed by atoms with Crippen molar-refractivity contribution in [3.63, 3.8) is 0 Å². The first-order valence-electron chi connectivity index (χ1n) is 5.25. The minimum atomic E-state index is -0.349. The summed E-state index contributed by atoms with van der Waals surface area (Å²) < 4.78 is 5.51. The van der Waals surface area contributed by atoms with Gasteiger partial charge in [0.2, 0.25) is 0 Å². The number of nitrogens with zero attached hydrogens (tertiary/aromatic N) is 1. The number of hydrogen-bond donors (Lipinski definition) is 2. The maximum atomic E-state index is 10.7. The maximum absolute atomic E-state index is 10.7. The number of nitrogens with one attached hydrogen (secondary N) is 2. The molecule has 1 saturated heterocycles. The van der Waals surface area contributed by atoms with Crippen molar-refractivity contribution in [3.8, 4) is 5.75 Å². The van der Waals surface area contributed by atoms with Gasteiger partial charge in [-0.3, -0.25) is 0 Å². The molecule has 0 aromatic carbocycles. The second kappa shape index (κ2) is 4.93. The van der Waals surface area contributed by atoms with E-state index in [1.807, 2.05) is 0 Å². The molecule has 0 saturated carbocycles. The molecule has 1 aromatic heterocycles. The molecule has 1 aliphatic heterocycles. The summed E-state index contributed by atoms with van der Waals surface area (Å²) in [5.41, 5.74) is -0.349. The SMILES string of the molecule is O=c1ncc(OCC2CCCCN2)c[nH]1. The van der Waals surface area contributed by atoms with E-state index in [2.05, 4.69) is 15.3 Å². The van der Waals surface area contributed by atoms with E-state index in [9.17, 15) is 4.79 Å². The van der Waals surface area contributed by atoms with Crippen LogP contribution in [0.5, 0.6) is 5.75 Å². The lowest BCUT2D eigenvalue weighted by Crippen LogP contribution is -2.38. The lowest BCUT2D eigenvalue weighted by atomic mass is 10.1. The molecule has 2 rings (SSSR count). The molecule has 1 aromatic rings. The monoisotopic (exact) mass is 209 g/mol. The van der Waals surface area contributed by atoms with Crippen molar-refractivity contribution in [2.45, 2.75) is 25.3 Å². The van der Waals surface area contributed by atoms with Gasteiger partial charge in [-0.2, -0.15) is 4.98 Å². The predicted molar refractivity (Wildman–Crippen MR) is 56.0 cm³/mol. The highest BCUT2D eigenvalue weighted by molar-refractivity contribution is 5.10. The highest BCUT2D eigenvalue weighted by Gasteiger charge is 2.12. The lowest BCUT2D eigenvalue weighted by Gasteiger charge is -2.23. The standard InChI is InChI=1S/C10H15N3O2/c14-10-12-5-9(6-13-10)15-7-8-3-1-2-4-11-8/h5-6,8,11H,1-4,7H2,(H,12,13,14). The van der Waals surface area contributed by atoms with Gasteiger partial charge in [0, 0.05) is 12.2 Å². The first-order chi connectivity index (χ1) is 7.34. The van der Waals surface area contributed by atoms with E-state index >= 15 is 0 Å². The Morgan fingerprint density at radius 2 is 2.47 bits per heavy atom. The summed E-state index contributed by atoms with van der Waals surface area (Å²) in [6.45, 7) is 1.70. The lowest BCUT2D eigenvalue weighted by molar-refractivity contribution is 0.237. The molecule has 0 amide bonds. The zero-order valence-corrected chi connectivity index (χ0v) is 8.53. The van der Waals surface area contributed by atoms with E-state index in [-0.39, 0.29) is 5.69 Å². The van der Waals surface area contributed by atoms with Crippen molar-refractivity contribution >= 4 is 0 Å². The van der Waals surface area contributed by atoms with E-state index in [1.54, 1.807) is 0 Å². The van der Waals surface area contributed by atoms with Gasteiger partial charge < -0.3 is 15.0 Å². The van der Waals surface area contributed by atoms with Gasteiger partial charge in [-0.25, -0.2) is 4.79 Å². The normalized spacial score (nSPS) is 21.2. The quantitative estimate of drug-likeness (QED) is 0.751. The molecule has 0 aliphatic carbocycles. The third-order valence-electron chi connectivity index (χ3n) is 2.51. The zero-order valence-electron chi connectivity index (χ0n) is 8.53. The molecule has 82 valence electrons. The van der Waals surface area contributed by atoms with Crippen LogP contribution in [0.4, 0.5) is 0 Å². The molecule has 0 radical (unpaired) electrons. The third-order valence-corrected chi connectivity index (χ3v) is 2.51. The van der Waals surface area contributed by atoms with Crippen LogP contribution >= 0.6 is 0 Å². The summed E-state index contributed by atoms with van der Waals surface area (Å²) in [5.74, 6) is 0.613. The molecule has 1 aliphatic rings. The van der Waals surface area contributed by atoms with Crippen LogP contribution in [0.1, 0.15) is 19.3 Å². The maximum Gasteiger partial charge on any atom is 0.345 e. The fourth-order valence-corrected chi connectivity index (χ4v) is 1.67. The second-order valence-corrected chi connectivity index (χ2v) is 3.71. The fourth-order valence-electron chi connectivity index (χ4n) is 1.67. The molecule has 0 bridgehead atoms. The molecule has 0 spiro atoms. The molecular weight excluding hydrogens is 194 g/mol. The van der Waals surface area contributed by atoms with Gasteiger partial charge in [0.05, 0.1) is 6.20 Å². The number of H-pyrrole nitrogens is 1. The van der Waals surface area contributed by atoms with Gasteiger partial charge in [0.15, 0.2) is 5.75 Å². The number of aromatic amines is 1. The minimum Gasteiger partial charge on any atom is -0.489 e. The van der Waals surface area contributed by atoms with Crippen LogP contribution in [0.3, 0.4) is 0 Å². The first kappa shape index (κ1) is 10.2. The Balaban J connectivity index is 1.81. The summed E-state index contributed by atoms with van der Waals surface area (Å²) in [6, 6.07) is 0.422. The Labute approximate surface area is 87.9 Å². The first-order valence-corrected chi connectivity index (χ1v) is 5.25. The third kappa shape index (κ3) is 3.06. The Morgan fingerprint density at radius 3 is 3.13 bits per heavy atom. The number of hydrogen-bond acceptors (Lipinski definition) is 4. The molecule has 1 atom stereocenters. The van der Waals surface area contributed by atoms with Gasteiger partial charge >= 0.3 is 5.69 Å². The van der Waals surface area contributed by atoms with E-state index in [1.165, 1.54) is 25.2 Å². The predicted octanol–water partition coefficient (Wildman–Crippen LogP) is 0.291. The van der Waals surface area contributed by atoms with E-state index < -0.39 is 0 Å². The number of rotatable bonds is 3. The molecule has 5 nitrogen and oxygen atoms in total. The van der Waals surface area contributed by atoms with Crippen molar-refractivity contribution in [3.05, 3.63) is 22.9 Å². The zero-order chi connectivity index (χ0) is 10.5. The smallest absolute Gasteiger partial charge is 0.345 e. The molecule has 2 heterocycles. The van der Waals surface area contributed by atoms with E-state index in [0.29, 0.717) is 18.4 Å². The van der Waals surface area contributed by atoms with Crippen molar-refractivity contribution in [1.82, 2.24) is 15.3 Å².